The van der Waals surface area contributed by atoms with Crippen LogP contribution in [0, 0.1) is 0 Å². The summed E-state index contributed by atoms with van der Waals surface area (Å²) in [7, 11) is 1.01. The van der Waals surface area contributed by atoms with Crippen LogP contribution in [0.25, 0.3) is 0 Å². The summed E-state index contributed by atoms with van der Waals surface area (Å²) in [5.74, 6) is -3.60. The molecule has 8 nitrogen and oxygen atoms in total. The Labute approximate surface area is 97.0 Å². The second kappa shape index (κ2) is 5.25. The number of hydrogen-bond acceptors (Lipinski definition) is 8. The van der Waals surface area contributed by atoms with Crippen molar-refractivity contribution in [3.63, 3.8) is 0 Å². The van der Waals surface area contributed by atoms with Crippen molar-refractivity contribution < 1.29 is 39.8 Å². The molecule has 0 bridgehead atoms. The number of aliphatic hydroxyl groups is 5. The molecule has 0 aromatic rings. The van der Waals surface area contributed by atoms with Gasteiger partial charge in [-0.25, -0.2) is 4.79 Å². The molecule has 5 atom stereocenters. The van der Waals surface area contributed by atoms with E-state index in [1.165, 1.54) is 0 Å². The zero-order valence-corrected chi connectivity index (χ0v) is 9.18. The van der Waals surface area contributed by atoms with E-state index in [9.17, 15) is 25.2 Å². The minimum absolute atomic E-state index is 0.588. The van der Waals surface area contributed by atoms with Crippen LogP contribution in [0.15, 0.2) is 0 Å². The number of ether oxygens (including phenoxy) is 2. The van der Waals surface area contributed by atoms with Crippen LogP contribution in [-0.2, 0) is 14.3 Å². The lowest BCUT2D eigenvalue weighted by molar-refractivity contribution is -0.309. The molecule has 0 saturated carbocycles. The molecule has 5 N–H and O–H groups in total. The third-order valence-electron chi connectivity index (χ3n) is 2.62. The summed E-state index contributed by atoms with van der Waals surface area (Å²) in [5, 5.41) is 46.9. The summed E-state index contributed by atoms with van der Waals surface area (Å²) < 4.78 is 9.11. The molecule has 0 spiro atoms. The van der Waals surface area contributed by atoms with Gasteiger partial charge in [-0.15, -0.1) is 0 Å². The number of methoxy groups -OCH3 is 1. The van der Waals surface area contributed by atoms with E-state index >= 15 is 0 Å². The fraction of sp³-hybridized carbons (Fsp3) is 0.889. The van der Waals surface area contributed by atoms with Crippen molar-refractivity contribution in [1.82, 2.24) is 0 Å². The van der Waals surface area contributed by atoms with Gasteiger partial charge in [0.05, 0.1) is 19.8 Å². The molecule has 1 aliphatic heterocycles. The lowest BCUT2D eigenvalue weighted by atomic mass is 9.93. The summed E-state index contributed by atoms with van der Waals surface area (Å²) in [6.45, 7) is -0.758. The largest absolute Gasteiger partial charge is 0.465 e. The number of esters is 1. The first-order valence-electron chi connectivity index (χ1n) is 4.99. The summed E-state index contributed by atoms with van der Waals surface area (Å²) >= 11 is 0. The highest BCUT2D eigenvalue weighted by molar-refractivity contribution is 5.77. The molecule has 17 heavy (non-hydrogen) atoms. The van der Waals surface area contributed by atoms with Gasteiger partial charge in [0.1, 0.15) is 18.3 Å². The molecule has 0 aromatic carbocycles. The minimum Gasteiger partial charge on any atom is -0.465 e. The quantitative estimate of drug-likeness (QED) is 0.330. The van der Waals surface area contributed by atoms with Crippen molar-refractivity contribution in [2.24, 2.45) is 0 Å². The van der Waals surface area contributed by atoms with Gasteiger partial charge in [-0.05, 0) is 0 Å². The number of carbonyl (C=O) groups is 1. The molecule has 1 saturated heterocycles. The molecule has 0 radical (unpaired) electrons. The average Bonchev–Trinajstić information content (AvgIpc) is 2.31. The number of aliphatic hydroxyl groups excluding tert-OH is 4. The van der Waals surface area contributed by atoms with Crippen LogP contribution < -0.4 is 0 Å². The van der Waals surface area contributed by atoms with Crippen molar-refractivity contribution in [3.05, 3.63) is 0 Å². The SMILES string of the molecule is COC(=O)[C@@]1(O)C[C@@H](O)[C@@H](O)[C@@H]([C@H](O)CO)O1. The summed E-state index contributed by atoms with van der Waals surface area (Å²) in [5.41, 5.74) is 0. The smallest absolute Gasteiger partial charge is 0.366 e. The topological polar surface area (TPSA) is 137 Å². The van der Waals surface area contributed by atoms with Gasteiger partial charge >= 0.3 is 5.97 Å². The highest BCUT2D eigenvalue weighted by atomic mass is 16.7. The van der Waals surface area contributed by atoms with Crippen LogP contribution in [0.3, 0.4) is 0 Å². The predicted octanol–water partition coefficient (Wildman–Crippen LogP) is -3.29. The molecule has 1 rings (SSSR count). The van der Waals surface area contributed by atoms with Crippen molar-refractivity contribution in [1.29, 1.82) is 0 Å². The zero-order valence-electron chi connectivity index (χ0n) is 9.18. The van der Waals surface area contributed by atoms with Gasteiger partial charge in [-0.1, -0.05) is 0 Å². The average molecular weight is 252 g/mol. The van der Waals surface area contributed by atoms with E-state index in [4.69, 9.17) is 9.84 Å². The van der Waals surface area contributed by atoms with Crippen molar-refractivity contribution in [2.45, 2.75) is 36.6 Å². The van der Waals surface area contributed by atoms with Gasteiger partial charge in [0.2, 0.25) is 0 Å². The fourth-order valence-corrected chi connectivity index (χ4v) is 1.67. The monoisotopic (exact) mass is 252 g/mol. The molecule has 8 heteroatoms. The van der Waals surface area contributed by atoms with Gasteiger partial charge in [0.25, 0.3) is 5.79 Å². The van der Waals surface area contributed by atoms with Gasteiger partial charge in [-0.3, -0.25) is 0 Å². The standard InChI is InChI=1S/C9H16O8/c1-16-8(14)9(15)2-4(11)6(13)7(17-9)5(12)3-10/h4-7,10-13,15H,2-3H2,1H3/t4-,5-,6-,7-,9-/m1/s1. The van der Waals surface area contributed by atoms with Crippen molar-refractivity contribution in [3.8, 4) is 0 Å². The first-order valence-corrected chi connectivity index (χ1v) is 4.99. The fourth-order valence-electron chi connectivity index (χ4n) is 1.67. The van der Waals surface area contributed by atoms with E-state index in [1.54, 1.807) is 0 Å². The molecule has 0 aromatic heterocycles. The van der Waals surface area contributed by atoms with E-state index in [0.29, 0.717) is 0 Å². The summed E-state index contributed by atoms with van der Waals surface area (Å²) in [6.07, 6.45) is -6.64. The number of hydrogen-bond donors (Lipinski definition) is 5. The Kier molecular flexibility index (Phi) is 4.42. The highest BCUT2D eigenvalue weighted by Gasteiger charge is 2.52. The molecular weight excluding hydrogens is 236 g/mol. The molecule has 1 fully saturated rings. The van der Waals surface area contributed by atoms with Crippen LogP contribution in [0.1, 0.15) is 6.42 Å². The Morgan fingerprint density at radius 3 is 2.65 bits per heavy atom. The predicted molar refractivity (Wildman–Crippen MR) is 51.6 cm³/mol. The second-order valence-electron chi connectivity index (χ2n) is 3.87. The number of rotatable bonds is 3. The number of carbonyl (C=O) groups excluding carboxylic acids is 1. The van der Waals surface area contributed by atoms with Gasteiger partial charge < -0.3 is 35.0 Å². The molecule has 1 aliphatic rings. The van der Waals surface area contributed by atoms with E-state index in [0.717, 1.165) is 7.11 Å². The second-order valence-corrected chi connectivity index (χ2v) is 3.87. The zero-order chi connectivity index (χ0) is 13.2. The van der Waals surface area contributed by atoms with E-state index in [-0.39, 0.29) is 0 Å². The van der Waals surface area contributed by atoms with Crippen LogP contribution >= 0.6 is 0 Å². The molecule has 0 aliphatic carbocycles. The molecule has 0 unspecified atom stereocenters. The molecule has 1 heterocycles. The molecule has 100 valence electrons. The highest BCUT2D eigenvalue weighted by Crippen LogP contribution is 2.30. The minimum atomic E-state index is -2.45. The van der Waals surface area contributed by atoms with E-state index < -0.39 is 49.2 Å². The van der Waals surface area contributed by atoms with Gasteiger partial charge in [0, 0.05) is 6.42 Å². The maximum absolute atomic E-state index is 11.3. The van der Waals surface area contributed by atoms with E-state index in [2.05, 4.69) is 4.74 Å². The maximum atomic E-state index is 11.3. The lowest BCUT2D eigenvalue weighted by Gasteiger charge is -2.41. The van der Waals surface area contributed by atoms with Crippen molar-refractivity contribution >= 4 is 5.97 Å². The Bertz CT molecular complexity index is 282. The normalized spacial score (nSPS) is 39.8. The first kappa shape index (κ1) is 14.3. The van der Waals surface area contributed by atoms with Crippen LogP contribution in [-0.4, -0.2) is 75.4 Å². The lowest BCUT2D eigenvalue weighted by Crippen LogP contribution is -2.61. The maximum Gasteiger partial charge on any atom is 0.366 e. The summed E-state index contributed by atoms with van der Waals surface area (Å²) in [6, 6.07) is 0. The summed E-state index contributed by atoms with van der Waals surface area (Å²) in [4.78, 5) is 11.3. The Morgan fingerprint density at radius 2 is 2.18 bits per heavy atom. The van der Waals surface area contributed by atoms with Crippen LogP contribution in [0.5, 0.6) is 0 Å². The molecular formula is C9H16O8. The first-order chi connectivity index (χ1) is 7.85. The third kappa shape index (κ3) is 2.73. The third-order valence-corrected chi connectivity index (χ3v) is 2.62. The van der Waals surface area contributed by atoms with E-state index in [1.807, 2.05) is 0 Å². The molecule has 0 amide bonds. The van der Waals surface area contributed by atoms with Gasteiger partial charge in [-0.2, -0.15) is 0 Å². The van der Waals surface area contributed by atoms with Crippen LogP contribution in [0.2, 0.25) is 0 Å². The Balaban J connectivity index is 2.90. The Hall–Kier alpha value is -0.770. The van der Waals surface area contributed by atoms with Gasteiger partial charge in [0.15, 0.2) is 0 Å². The van der Waals surface area contributed by atoms with Crippen LogP contribution in [0.4, 0.5) is 0 Å². The Morgan fingerprint density at radius 1 is 1.59 bits per heavy atom. The van der Waals surface area contributed by atoms with Crippen molar-refractivity contribution in [2.75, 3.05) is 13.7 Å².